The number of likely N-dealkylation sites (tertiary alicyclic amines) is 1. The Bertz CT molecular complexity index is 570. The van der Waals surface area contributed by atoms with Crippen molar-refractivity contribution >= 4 is 11.9 Å². The van der Waals surface area contributed by atoms with Gasteiger partial charge in [-0.25, -0.2) is 4.98 Å². The van der Waals surface area contributed by atoms with Gasteiger partial charge in [-0.05, 0) is 26.9 Å². The van der Waals surface area contributed by atoms with Gasteiger partial charge >= 0.3 is 5.97 Å². The third kappa shape index (κ3) is 5.85. The van der Waals surface area contributed by atoms with Crippen LogP contribution in [0.2, 0.25) is 0 Å². The average molecular weight is 350 g/mol. The fourth-order valence-electron chi connectivity index (χ4n) is 3.04. The van der Waals surface area contributed by atoms with E-state index in [4.69, 9.17) is 4.74 Å². The number of imidazole rings is 1. The van der Waals surface area contributed by atoms with Crippen molar-refractivity contribution < 1.29 is 14.3 Å². The van der Waals surface area contributed by atoms with Crippen LogP contribution in [-0.2, 0) is 27.3 Å². The lowest BCUT2D eigenvalue weighted by molar-refractivity contribution is -0.144. The molecular weight excluding hydrogens is 320 g/mol. The fourth-order valence-corrected chi connectivity index (χ4v) is 3.04. The summed E-state index contributed by atoms with van der Waals surface area (Å²) in [5.41, 5.74) is 0. The first-order chi connectivity index (χ1) is 12.0. The van der Waals surface area contributed by atoms with Crippen molar-refractivity contribution in [1.82, 2.24) is 19.4 Å². The Hall–Kier alpha value is -1.89. The van der Waals surface area contributed by atoms with Crippen LogP contribution in [0.25, 0.3) is 0 Å². The zero-order chi connectivity index (χ0) is 18.2. The van der Waals surface area contributed by atoms with Gasteiger partial charge in [-0.2, -0.15) is 0 Å². The van der Waals surface area contributed by atoms with Gasteiger partial charge in [0.2, 0.25) is 5.91 Å². The molecule has 1 aliphatic rings. The van der Waals surface area contributed by atoms with Crippen molar-refractivity contribution in [2.45, 2.75) is 51.6 Å². The summed E-state index contributed by atoms with van der Waals surface area (Å²) in [5.74, 6) is 0.839. The summed E-state index contributed by atoms with van der Waals surface area (Å²) in [4.78, 5) is 32.5. The van der Waals surface area contributed by atoms with Gasteiger partial charge < -0.3 is 19.1 Å². The summed E-state index contributed by atoms with van der Waals surface area (Å²) in [5, 5.41) is 0. The molecule has 0 aromatic carbocycles. The number of rotatable bonds is 9. The largest absolute Gasteiger partial charge is 0.466 e. The zero-order valence-corrected chi connectivity index (χ0v) is 15.6. The molecule has 0 N–H and O–H groups in total. The molecule has 1 aliphatic heterocycles. The van der Waals surface area contributed by atoms with E-state index in [0.29, 0.717) is 38.5 Å². The van der Waals surface area contributed by atoms with Crippen LogP contribution in [0.1, 0.15) is 38.4 Å². The molecule has 0 radical (unpaired) electrons. The topological polar surface area (TPSA) is 67.7 Å². The second-order valence-electron chi connectivity index (χ2n) is 6.75. The third-order valence-electron chi connectivity index (χ3n) is 4.63. The molecule has 1 unspecified atom stereocenters. The van der Waals surface area contributed by atoms with E-state index in [1.165, 1.54) is 0 Å². The highest BCUT2D eigenvalue weighted by atomic mass is 16.5. The Morgan fingerprint density at radius 2 is 2.16 bits per heavy atom. The van der Waals surface area contributed by atoms with Crippen LogP contribution in [0.4, 0.5) is 0 Å². The van der Waals surface area contributed by atoms with Crippen LogP contribution in [0.5, 0.6) is 0 Å². The lowest BCUT2D eigenvalue weighted by atomic mass is 10.2. The summed E-state index contributed by atoms with van der Waals surface area (Å²) in [6, 6.07) is 0.458. The van der Waals surface area contributed by atoms with Gasteiger partial charge in [0.25, 0.3) is 0 Å². The minimum atomic E-state index is -0.190. The van der Waals surface area contributed by atoms with Crippen LogP contribution in [-0.4, -0.2) is 71.1 Å². The molecule has 1 saturated heterocycles. The Kier molecular flexibility index (Phi) is 7.43. The molecule has 2 rings (SSSR count). The van der Waals surface area contributed by atoms with Crippen molar-refractivity contribution in [3.63, 3.8) is 0 Å². The maximum absolute atomic E-state index is 12.4. The maximum Gasteiger partial charge on any atom is 0.307 e. The maximum atomic E-state index is 12.4. The van der Waals surface area contributed by atoms with E-state index in [2.05, 4.69) is 24.0 Å². The van der Waals surface area contributed by atoms with Gasteiger partial charge in [-0.15, -0.1) is 0 Å². The first-order valence-corrected chi connectivity index (χ1v) is 9.11. The number of esters is 1. The lowest BCUT2D eigenvalue weighted by Gasteiger charge is -2.20. The Morgan fingerprint density at radius 3 is 2.84 bits per heavy atom. The lowest BCUT2D eigenvalue weighted by Crippen LogP contribution is -2.34. The summed E-state index contributed by atoms with van der Waals surface area (Å²) in [6.45, 7) is 4.62. The Balaban J connectivity index is 1.77. The predicted molar refractivity (Wildman–Crippen MR) is 95.1 cm³/mol. The number of aromatic nitrogens is 2. The quantitative estimate of drug-likeness (QED) is 0.629. The highest BCUT2D eigenvalue weighted by Gasteiger charge is 2.27. The fraction of sp³-hybridized carbons (Fsp3) is 0.722. The summed E-state index contributed by atoms with van der Waals surface area (Å²) in [6.07, 6.45) is 6.81. The molecule has 7 heteroatoms. The molecule has 1 atom stereocenters. The first kappa shape index (κ1) is 19.4. The molecule has 1 aromatic rings. The highest BCUT2D eigenvalue weighted by Crippen LogP contribution is 2.15. The zero-order valence-electron chi connectivity index (χ0n) is 15.6. The number of hydrogen-bond acceptors (Lipinski definition) is 5. The molecule has 0 bridgehead atoms. The molecule has 25 heavy (non-hydrogen) atoms. The van der Waals surface area contributed by atoms with Gasteiger partial charge in [0, 0.05) is 50.9 Å². The molecule has 7 nitrogen and oxygen atoms in total. The van der Waals surface area contributed by atoms with Crippen molar-refractivity contribution in [3.8, 4) is 0 Å². The molecule has 0 aliphatic carbocycles. The van der Waals surface area contributed by atoms with E-state index in [1.54, 1.807) is 6.20 Å². The standard InChI is InChI=1S/C18H30N4O3/c1-4-13-25-18(24)8-11-21-12-9-19-16(21)5-6-17(23)22-10-7-15(14-22)20(2)3/h9,12,15H,4-8,10-11,13-14H2,1-3H3. The van der Waals surface area contributed by atoms with Crippen LogP contribution >= 0.6 is 0 Å². The van der Waals surface area contributed by atoms with E-state index >= 15 is 0 Å². The summed E-state index contributed by atoms with van der Waals surface area (Å²) in [7, 11) is 4.11. The van der Waals surface area contributed by atoms with Crippen LogP contribution in [0, 0.1) is 0 Å². The minimum absolute atomic E-state index is 0.182. The van der Waals surface area contributed by atoms with Crippen molar-refractivity contribution in [2.75, 3.05) is 33.8 Å². The molecular formula is C18H30N4O3. The second kappa shape index (κ2) is 9.56. The molecule has 1 aromatic heterocycles. The number of likely N-dealkylation sites (N-methyl/N-ethyl adjacent to an activating group) is 1. The summed E-state index contributed by atoms with van der Waals surface area (Å²) < 4.78 is 7.02. The molecule has 0 spiro atoms. The van der Waals surface area contributed by atoms with Gasteiger partial charge in [-0.1, -0.05) is 6.92 Å². The van der Waals surface area contributed by atoms with Gasteiger partial charge in [0.05, 0.1) is 13.0 Å². The smallest absolute Gasteiger partial charge is 0.307 e. The number of amides is 1. The number of hydrogen-bond donors (Lipinski definition) is 0. The van der Waals surface area contributed by atoms with Crippen LogP contribution < -0.4 is 0 Å². The Labute approximate surface area is 149 Å². The predicted octanol–water partition coefficient (Wildman–Crippen LogP) is 1.32. The number of ether oxygens (including phenoxy) is 1. The monoisotopic (exact) mass is 350 g/mol. The van der Waals surface area contributed by atoms with E-state index in [0.717, 1.165) is 31.8 Å². The van der Waals surface area contributed by atoms with E-state index in [1.807, 2.05) is 22.6 Å². The SMILES string of the molecule is CCCOC(=O)CCn1ccnc1CCC(=O)N1CCC(N(C)C)C1. The summed E-state index contributed by atoms with van der Waals surface area (Å²) >= 11 is 0. The van der Waals surface area contributed by atoms with Crippen molar-refractivity contribution in [1.29, 1.82) is 0 Å². The molecule has 2 heterocycles. The first-order valence-electron chi connectivity index (χ1n) is 9.11. The Morgan fingerprint density at radius 1 is 1.36 bits per heavy atom. The van der Waals surface area contributed by atoms with Gasteiger partial charge in [0.1, 0.15) is 5.82 Å². The molecule has 1 amide bonds. The molecule has 140 valence electrons. The molecule has 0 saturated carbocycles. The number of aryl methyl sites for hydroxylation is 2. The number of carbonyl (C=O) groups is 2. The number of carbonyl (C=O) groups excluding carboxylic acids is 2. The van der Waals surface area contributed by atoms with Crippen molar-refractivity contribution in [3.05, 3.63) is 18.2 Å². The third-order valence-corrected chi connectivity index (χ3v) is 4.63. The second-order valence-corrected chi connectivity index (χ2v) is 6.75. The number of nitrogens with zero attached hydrogens (tertiary/aromatic N) is 4. The van der Waals surface area contributed by atoms with E-state index < -0.39 is 0 Å². The average Bonchev–Trinajstić information content (AvgIpc) is 3.25. The van der Waals surface area contributed by atoms with Crippen molar-refractivity contribution in [2.24, 2.45) is 0 Å². The normalized spacial score (nSPS) is 17.3. The van der Waals surface area contributed by atoms with Crippen LogP contribution in [0.3, 0.4) is 0 Å². The molecule has 1 fully saturated rings. The van der Waals surface area contributed by atoms with E-state index in [-0.39, 0.29) is 11.9 Å². The van der Waals surface area contributed by atoms with E-state index in [9.17, 15) is 9.59 Å². The van der Waals surface area contributed by atoms with Gasteiger partial charge in [-0.3, -0.25) is 9.59 Å². The minimum Gasteiger partial charge on any atom is -0.466 e. The highest BCUT2D eigenvalue weighted by molar-refractivity contribution is 5.76. The van der Waals surface area contributed by atoms with Crippen LogP contribution in [0.15, 0.2) is 12.4 Å². The van der Waals surface area contributed by atoms with Gasteiger partial charge in [0.15, 0.2) is 0 Å².